The Balaban J connectivity index is 1.92. The number of rotatable bonds is 5. The van der Waals surface area contributed by atoms with Crippen LogP contribution in [-0.2, 0) is 13.2 Å². The van der Waals surface area contributed by atoms with Crippen molar-refractivity contribution >= 4 is 17.1 Å². The number of fused-ring (bicyclic) bond motifs is 1. The van der Waals surface area contributed by atoms with E-state index in [0.717, 1.165) is 28.2 Å². The van der Waals surface area contributed by atoms with Crippen LogP contribution in [0.15, 0.2) is 60.7 Å². The standard InChI is InChI=1S/C19H17NO2/c20-11-15-6-1-2-7-16(15)13-22-19-10-9-14-5-3-4-8-17(14)18(19)12-21/h1-10,12H,11,13,20H2. The van der Waals surface area contributed by atoms with Crippen LogP contribution >= 0.6 is 0 Å². The molecule has 0 fully saturated rings. The van der Waals surface area contributed by atoms with E-state index in [-0.39, 0.29) is 0 Å². The van der Waals surface area contributed by atoms with Gasteiger partial charge in [0.15, 0.2) is 6.29 Å². The number of nitrogens with two attached hydrogens (primary N) is 1. The Labute approximate surface area is 129 Å². The summed E-state index contributed by atoms with van der Waals surface area (Å²) in [6, 6.07) is 19.5. The lowest BCUT2D eigenvalue weighted by atomic mass is 10.0. The van der Waals surface area contributed by atoms with E-state index in [0.29, 0.717) is 24.5 Å². The molecular formula is C19H17NO2. The molecule has 0 saturated heterocycles. The number of benzene rings is 3. The zero-order valence-electron chi connectivity index (χ0n) is 12.2. The van der Waals surface area contributed by atoms with Crippen molar-refractivity contribution in [3.8, 4) is 5.75 Å². The molecule has 3 nitrogen and oxygen atoms in total. The first-order valence-corrected chi connectivity index (χ1v) is 7.20. The summed E-state index contributed by atoms with van der Waals surface area (Å²) in [7, 11) is 0. The topological polar surface area (TPSA) is 52.3 Å². The normalized spacial score (nSPS) is 10.6. The van der Waals surface area contributed by atoms with Crippen molar-refractivity contribution in [1.29, 1.82) is 0 Å². The van der Waals surface area contributed by atoms with E-state index in [4.69, 9.17) is 10.5 Å². The summed E-state index contributed by atoms with van der Waals surface area (Å²) >= 11 is 0. The van der Waals surface area contributed by atoms with E-state index >= 15 is 0 Å². The zero-order chi connectivity index (χ0) is 15.4. The maximum absolute atomic E-state index is 11.5. The summed E-state index contributed by atoms with van der Waals surface area (Å²) in [6.07, 6.45) is 0.854. The minimum atomic E-state index is 0.395. The van der Waals surface area contributed by atoms with Crippen LogP contribution in [0.1, 0.15) is 21.5 Å². The predicted octanol–water partition coefficient (Wildman–Crippen LogP) is 3.69. The molecule has 2 N–H and O–H groups in total. The lowest BCUT2D eigenvalue weighted by Gasteiger charge is -2.12. The van der Waals surface area contributed by atoms with Gasteiger partial charge in [0.2, 0.25) is 0 Å². The van der Waals surface area contributed by atoms with Crippen LogP contribution in [-0.4, -0.2) is 6.29 Å². The Morgan fingerprint density at radius 1 is 0.909 bits per heavy atom. The van der Waals surface area contributed by atoms with Crippen LogP contribution in [0.5, 0.6) is 5.75 Å². The van der Waals surface area contributed by atoms with Gasteiger partial charge in [0.05, 0.1) is 5.56 Å². The van der Waals surface area contributed by atoms with Crippen LogP contribution in [0, 0.1) is 0 Å². The third kappa shape index (κ3) is 2.71. The number of hydrogen-bond acceptors (Lipinski definition) is 3. The molecule has 0 amide bonds. The van der Waals surface area contributed by atoms with E-state index < -0.39 is 0 Å². The minimum absolute atomic E-state index is 0.395. The molecule has 0 aliphatic carbocycles. The molecule has 0 radical (unpaired) electrons. The maximum atomic E-state index is 11.5. The Kier molecular flexibility index (Phi) is 4.17. The second kappa shape index (κ2) is 6.41. The van der Waals surface area contributed by atoms with Gasteiger partial charge in [0, 0.05) is 6.54 Å². The third-order valence-corrected chi connectivity index (χ3v) is 3.77. The van der Waals surface area contributed by atoms with E-state index in [1.807, 2.05) is 60.7 Å². The Hall–Kier alpha value is -2.65. The van der Waals surface area contributed by atoms with E-state index in [9.17, 15) is 4.79 Å². The van der Waals surface area contributed by atoms with Gasteiger partial charge in [-0.2, -0.15) is 0 Å². The summed E-state index contributed by atoms with van der Waals surface area (Å²) in [4.78, 5) is 11.5. The van der Waals surface area contributed by atoms with Gasteiger partial charge in [0.1, 0.15) is 12.4 Å². The first-order chi connectivity index (χ1) is 10.8. The lowest BCUT2D eigenvalue weighted by molar-refractivity contribution is 0.112. The van der Waals surface area contributed by atoms with Crippen molar-refractivity contribution in [1.82, 2.24) is 0 Å². The number of hydrogen-bond donors (Lipinski definition) is 1. The van der Waals surface area contributed by atoms with Gasteiger partial charge < -0.3 is 10.5 Å². The van der Waals surface area contributed by atoms with Gasteiger partial charge >= 0.3 is 0 Å². The van der Waals surface area contributed by atoms with E-state index in [2.05, 4.69) is 0 Å². The molecule has 3 rings (SSSR count). The van der Waals surface area contributed by atoms with Gasteiger partial charge in [0.25, 0.3) is 0 Å². The van der Waals surface area contributed by atoms with Crippen LogP contribution in [0.4, 0.5) is 0 Å². The molecule has 0 unspecified atom stereocenters. The fraction of sp³-hybridized carbons (Fsp3) is 0.105. The molecule has 0 aliphatic rings. The van der Waals surface area contributed by atoms with Crippen LogP contribution in [0.25, 0.3) is 10.8 Å². The van der Waals surface area contributed by atoms with E-state index in [1.165, 1.54) is 0 Å². The quantitative estimate of drug-likeness (QED) is 0.729. The molecule has 22 heavy (non-hydrogen) atoms. The molecule has 110 valence electrons. The summed E-state index contributed by atoms with van der Waals surface area (Å²) in [5, 5.41) is 1.93. The summed E-state index contributed by atoms with van der Waals surface area (Å²) in [5.74, 6) is 0.598. The molecule has 0 saturated carbocycles. The molecule has 0 bridgehead atoms. The van der Waals surface area contributed by atoms with Crippen molar-refractivity contribution in [2.75, 3.05) is 0 Å². The number of carbonyl (C=O) groups excluding carboxylic acids is 1. The van der Waals surface area contributed by atoms with Crippen molar-refractivity contribution < 1.29 is 9.53 Å². The molecule has 0 aliphatic heterocycles. The molecule has 0 spiro atoms. The van der Waals surface area contributed by atoms with Crippen molar-refractivity contribution in [2.24, 2.45) is 5.73 Å². The highest BCUT2D eigenvalue weighted by Gasteiger charge is 2.09. The predicted molar refractivity (Wildman–Crippen MR) is 88.0 cm³/mol. The van der Waals surface area contributed by atoms with Gasteiger partial charge in [-0.15, -0.1) is 0 Å². The minimum Gasteiger partial charge on any atom is -0.488 e. The van der Waals surface area contributed by atoms with Gasteiger partial charge in [-0.1, -0.05) is 54.6 Å². The second-order valence-electron chi connectivity index (χ2n) is 5.08. The molecular weight excluding hydrogens is 274 g/mol. The SMILES string of the molecule is NCc1ccccc1COc1ccc2ccccc2c1C=O. The van der Waals surface area contributed by atoms with Gasteiger partial charge in [-0.25, -0.2) is 0 Å². The first-order valence-electron chi connectivity index (χ1n) is 7.20. The smallest absolute Gasteiger partial charge is 0.154 e. The maximum Gasteiger partial charge on any atom is 0.154 e. The van der Waals surface area contributed by atoms with Gasteiger partial charge in [-0.05, 0) is 28.0 Å². The molecule has 3 aromatic rings. The molecule has 3 aromatic carbocycles. The Morgan fingerprint density at radius 3 is 2.41 bits per heavy atom. The zero-order valence-corrected chi connectivity index (χ0v) is 12.2. The monoisotopic (exact) mass is 291 g/mol. The summed E-state index contributed by atoms with van der Waals surface area (Å²) < 4.78 is 5.88. The Bertz CT molecular complexity index is 811. The van der Waals surface area contributed by atoms with Gasteiger partial charge in [-0.3, -0.25) is 4.79 Å². The molecule has 3 heteroatoms. The number of aldehydes is 1. The summed E-state index contributed by atoms with van der Waals surface area (Å²) in [6.45, 7) is 0.865. The fourth-order valence-electron chi connectivity index (χ4n) is 2.58. The molecule has 0 heterocycles. The van der Waals surface area contributed by atoms with Crippen LogP contribution < -0.4 is 10.5 Å². The number of carbonyl (C=O) groups is 1. The van der Waals surface area contributed by atoms with Crippen molar-refractivity contribution in [2.45, 2.75) is 13.2 Å². The van der Waals surface area contributed by atoms with Crippen LogP contribution in [0.2, 0.25) is 0 Å². The van der Waals surface area contributed by atoms with E-state index in [1.54, 1.807) is 0 Å². The third-order valence-electron chi connectivity index (χ3n) is 3.77. The number of ether oxygens (including phenoxy) is 1. The fourth-order valence-corrected chi connectivity index (χ4v) is 2.58. The van der Waals surface area contributed by atoms with Crippen molar-refractivity contribution in [3.05, 3.63) is 77.4 Å². The summed E-state index contributed by atoms with van der Waals surface area (Å²) in [5.41, 5.74) is 8.41. The highest BCUT2D eigenvalue weighted by molar-refractivity contribution is 6.00. The second-order valence-corrected chi connectivity index (χ2v) is 5.08. The average molecular weight is 291 g/mol. The Morgan fingerprint density at radius 2 is 1.64 bits per heavy atom. The average Bonchev–Trinajstić information content (AvgIpc) is 2.59. The lowest BCUT2D eigenvalue weighted by Crippen LogP contribution is -2.05. The largest absolute Gasteiger partial charge is 0.488 e. The highest BCUT2D eigenvalue weighted by Crippen LogP contribution is 2.27. The van der Waals surface area contributed by atoms with Crippen LogP contribution in [0.3, 0.4) is 0 Å². The molecule has 0 aromatic heterocycles. The molecule has 0 atom stereocenters. The highest BCUT2D eigenvalue weighted by atomic mass is 16.5. The van der Waals surface area contributed by atoms with Crippen molar-refractivity contribution in [3.63, 3.8) is 0 Å². The first kappa shape index (κ1) is 14.3.